The zero-order valence-electron chi connectivity index (χ0n) is 9.65. The molecule has 1 saturated carbocycles. The van der Waals surface area contributed by atoms with Crippen molar-refractivity contribution in [2.24, 2.45) is 11.8 Å². The van der Waals surface area contributed by atoms with E-state index in [4.69, 9.17) is 5.11 Å². The van der Waals surface area contributed by atoms with Gasteiger partial charge in [-0.05, 0) is 36.3 Å². The minimum absolute atomic E-state index is 0.0877. The Hall–Kier alpha value is -1.31. The van der Waals surface area contributed by atoms with Gasteiger partial charge < -0.3 is 5.11 Å². The molecule has 1 N–H and O–H groups in total. The first-order chi connectivity index (χ1) is 7.70. The van der Waals surface area contributed by atoms with E-state index in [9.17, 15) is 4.79 Å². The second-order valence-electron chi connectivity index (χ2n) is 4.71. The summed E-state index contributed by atoms with van der Waals surface area (Å²) < 4.78 is 0. The molecule has 0 aliphatic heterocycles. The van der Waals surface area contributed by atoms with E-state index in [2.05, 4.69) is 31.2 Å². The van der Waals surface area contributed by atoms with E-state index in [1.807, 2.05) is 0 Å². The average Bonchev–Trinajstić information content (AvgIpc) is 3.01. The Bertz CT molecular complexity index is 367. The number of hydrogen-bond donors (Lipinski definition) is 1. The molecule has 0 heterocycles. The van der Waals surface area contributed by atoms with Gasteiger partial charge in [-0.2, -0.15) is 0 Å². The second kappa shape index (κ2) is 4.69. The predicted molar refractivity (Wildman–Crippen MR) is 63.4 cm³/mol. The third kappa shape index (κ3) is 2.63. The van der Waals surface area contributed by atoms with Gasteiger partial charge in [-0.25, -0.2) is 0 Å². The van der Waals surface area contributed by atoms with E-state index < -0.39 is 5.97 Å². The van der Waals surface area contributed by atoms with Crippen LogP contribution in [0.25, 0.3) is 0 Å². The maximum absolute atomic E-state index is 10.7. The van der Waals surface area contributed by atoms with Crippen molar-refractivity contribution in [1.29, 1.82) is 0 Å². The quantitative estimate of drug-likeness (QED) is 0.825. The van der Waals surface area contributed by atoms with E-state index in [1.165, 1.54) is 17.5 Å². The van der Waals surface area contributed by atoms with Crippen molar-refractivity contribution in [3.63, 3.8) is 0 Å². The van der Waals surface area contributed by atoms with Crippen LogP contribution in [-0.2, 0) is 17.6 Å². The smallest absolute Gasteiger partial charge is 0.306 e. The van der Waals surface area contributed by atoms with Crippen LogP contribution in [0, 0.1) is 11.8 Å². The van der Waals surface area contributed by atoms with Gasteiger partial charge in [-0.15, -0.1) is 0 Å². The third-order valence-corrected chi connectivity index (χ3v) is 3.30. The van der Waals surface area contributed by atoms with Gasteiger partial charge in [-0.3, -0.25) is 4.79 Å². The van der Waals surface area contributed by atoms with Crippen LogP contribution in [0.5, 0.6) is 0 Å². The highest BCUT2D eigenvalue weighted by atomic mass is 16.4. The molecular formula is C14H18O2. The van der Waals surface area contributed by atoms with Crippen molar-refractivity contribution in [3.8, 4) is 0 Å². The van der Waals surface area contributed by atoms with E-state index in [0.717, 1.165) is 19.3 Å². The van der Waals surface area contributed by atoms with Crippen molar-refractivity contribution in [2.75, 3.05) is 0 Å². The van der Waals surface area contributed by atoms with E-state index in [-0.39, 0.29) is 5.92 Å². The fourth-order valence-electron chi connectivity index (χ4n) is 2.21. The van der Waals surface area contributed by atoms with Crippen LogP contribution in [0.2, 0.25) is 0 Å². The maximum Gasteiger partial charge on any atom is 0.306 e. The monoisotopic (exact) mass is 218 g/mol. The summed E-state index contributed by atoms with van der Waals surface area (Å²) in [7, 11) is 0. The fraction of sp³-hybridized carbons (Fsp3) is 0.500. The van der Waals surface area contributed by atoms with Crippen LogP contribution in [0.1, 0.15) is 30.9 Å². The van der Waals surface area contributed by atoms with Crippen LogP contribution >= 0.6 is 0 Å². The minimum atomic E-state index is -0.632. The topological polar surface area (TPSA) is 37.3 Å². The molecule has 1 fully saturated rings. The van der Waals surface area contributed by atoms with Gasteiger partial charge in [-0.1, -0.05) is 37.6 Å². The molecule has 1 aromatic carbocycles. The number of carboxylic acid groups (broad SMARTS) is 1. The molecule has 1 aliphatic carbocycles. The zero-order chi connectivity index (χ0) is 11.5. The summed E-state index contributed by atoms with van der Waals surface area (Å²) in [6, 6.07) is 8.61. The highest BCUT2D eigenvalue weighted by Crippen LogP contribution is 2.41. The lowest BCUT2D eigenvalue weighted by Crippen LogP contribution is -2.01. The molecule has 2 nitrogen and oxygen atoms in total. The third-order valence-electron chi connectivity index (χ3n) is 3.30. The van der Waals surface area contributed by atoms with Gasteiger partial charge in [0.25, 0.3) is 0 Å². The van der Waals surface area contributed by atoms with Crippen LogP contribution in [-0.4, -0.2) is 11.1 Å². The largest absolute Gasteiger partial charge is 0.481 e. The van der Waals surface area contributed by atoms with Crippen LogP contribution in [0.3, 0.4) is 0 Å². The molecule has 2 heteroatoms. The van der Waals surface area contributed by atoms with Crippen LogP contribution in [0.4, 0.5) is 0 Å². The lowest BCUT2D eigenvalue weighted by Gasteiger charge is -2.02. The van der Waals surface area contributed by atoms with Crippen LogP contribution < -0.4 is 0 Å². The number of aryl methyl sites for hydroxylation is 1. The summed E-state index contributed by atoms with van der Waals surface area (Å²) in [5.41, 5.74) is 2.64. The molecule has 0 spiro atoms. The molecule has 0 radical (unpaired) electrons. The van der Waals surface area contributed by atoms with Gasteiger partial charge in [0.2, 0.25) is 0 Å². The number of aliphatic carboxylic acids is 1. The molecular weight excluding hydrogens is 200 g/mol. The van der Waals surface area contributed by atoms with E-state index >= 15 is 0 Å². The summed E-state index contributed by atoms with van der Waals surface area (Å²) >= 11 is 0. The summed E-state index contributed by atoms with van der Waals surface area (Å²) in [6.07, 6.45) is 4.07. The van der Waals surface area contributed by atoms with Crippen molar-refractivity contribution in [1.82, 2.24) is 0 Å². The first-order valence-electron chi connectivity index (χ1n) is 6.01. The summed E-state index contributed by atoms with van der Waals surface area (Å²) in [6.45, 7) is 2.18. The van der Waals surface area contributed by atoms with Gasteiger partial charge in [0.15, 0.2) is 0 Å². The highest BCUT2D eigenvalue weighted by molar-refractivity contribution is 5.73. The first kappa shape index (κ1) is 11.2. The predicted octanol–water partition coefficient (Wildman–Crippen LogP) is 2.90. The Morgan fingerprint density at radius 1 is 1.31 bits per heavy atom. The maximum atomic E-state index is 10.7. The SMILES string of the molecule is CCCc1ccc(C[C@H]2C[C@@H]2C(=O)O)cc1. The van der Waals surface area contributed by atoms with Crippen molar-refractivity contribution in [3.05, 3.63) is 35.4 Å². The van der Waals surface area contributed by atoms with Crippen LogP contribution in [0.15, 0.2) is 24.3 Å². The molecule has 0 amide bonds. The lowest BCUT2D eigenvalue weighted by atomic mass is 10.0. The lowest BCUT2D eigenvalue weighted by molar-refractivity contribution is -0.138. The molecule has 2 atom stereocenters. The molecule has 86 valence electrons. The summed E-state index contributed by atoms with van der Waals surface area (Å²) in [5.74, 6) is -0.350. The van der Waals surface area contributed by atoms with Gasteiger partial charge >= 0.3 is 5.97 Å². The Morgan fingerprint density at radius 2 is 1.94 bits per heavy atom. The molecule has 1 aliphatic rings. The summed E-state index contributed by atoms with van der Waals surface area (Å²) in [4.78, 5) is 10.7. The number of hydrogen-bond acceptors (Lipinski definition) is 1. The Kier molecular flexibility index (Phi) is 3.28. The second-order valence-corrected chi connectivity index (χ2v) is 4.71. The summed E-state index contributed by atoms with van der Waals surface area (Å²) in [5, 5.41) is 8.82. The molecule has 0 aromatic heterocycles. The minimum Gasteiger partial charge on any atom is -0.481 e. The molecule has 16 heavy (non-hydrogen) atoms. The standard InChI is InChI=1S/C14H18O2/c1-2-3-10-4-6-11(7-5-10)8-12-9-13(12)14(15)16/h4-7,12-13H,2-3,8-9H2,1H3,(H,15,16)/t12-,13-/m0/s1. The van der Waals surface area contributed by atoms with E-state index in [1.54, 1.807) is 0 Å². The van der Waals surface area contributed by atoms with Gasteiger partial charge in [0.1, 0.15) is 0 Å². The zero-order valence-corrected chi connectivity index (χ0v) is 9.65. The van der Waals surface area contributed by atoms with Crippen molar-refractivity contribution in [2.45, 2.75) is 32.6 Å². The Labute approximate surface area is 96.3 Å². The molecule has 2 rings (SSSR count). The molecule has 0 saturated heterocycles. The van der Waals surface area contributed by atoms with Crippen molar-refractivity contribution < 1.29 is 9.90 Å². The number of benzene rings is 1. The fourth-order valence-corrected chi connectivity index (χ4v) is 2.21. The number of carbonyl (C=O) groups is 1. The van der Waals surface area contributed by atoms with Gasteiger partial charge in [0, 0.05) is 0 Å². The van der Waals surface area contributed by atoms with Crippen molar-refractivity contribution >= 4 is 5.97 Å². The van der Waals surface area contributed by atoms with E-state index in [0.29, 0.717) is 5.92 Å². The average molecular weight is 218 g/mol. The normalized spacial score (nSPS) is 23.1. The molecule has 1 aromatic rings. The molecule has 0 bridgehead atoms. The van der Waals surface area contributed by atoms with Gasteiger partial charge in [0.05, 0.1) is 5.92 Å². The number of rotatable bonds is 5. The highest BCUT2D eigenvalue weighted by Gasteiger charge is 2.42. The Balaban J connectivity index is 1.89. The Morgan fingerprint density at radius 3 is 2.44 bits per heavy atom. The number of carboxylic acids is 1. The molecule has 0 unspecified atom stereocenters. The first-order valence-corrected chi connectivity index (χ1v) is 6.01.